The van der Waals surface area contributed by atoms with Crippen LogP contribution in [0.25, 0.3) is 121 Å². The minimum Gasteiger partial charge on any atom is -0.0622 e. The van der Waals surface area contributed by atoms with E-state index in [0.717, 1.165) is 0 Å². The van der Waals surface area contributed by atoms with Gasteiger partial charge in [0.05, 0.1) is 0 Å². The normalized spacial score (nSPS) is 11.5. The first-order valence-corrected chi connectivity index (χ1v) is 21.5. The Morgan fingerprint density at radius 1 is 0.145 bits per heavy atom. The summed E-state index contributed by atoms with van der Waals surface area (Å²) in [4.78, 5) is 0. The standard InChI is InChI=1S/C62H40/c1-5-17-41(18-6-1)45-29-33-49(43-21-9-3-10-22-43)57(37-45)47-31-35-53-51-25-13-16-28-56(51)62-60-40-48(32-36-54(60)52-26-14-15-27-55(52)61(62)59(53)39-47)58-38-46(42-19-7-2-8-20-42)30-34-50(58)44-23-11-4-12-24-44/h1-40H. The minimum atomic E-state index is 1.20. The van der Waals surface area contributed by atoms with Crippen LogP contribution in [0.2, 0.25) is 0 Å². The average Bonchev–Trinajstić information content (AvgIpc) is 3.36. The smallest absolute Gasteiger partial charge is 0.00137 e. The second kappa shape index (κ2) is 14.9. The molecule has 0 aliphatic heterocycles. The highest BCUT2D eigenvalue weighted by atomic mass is 14.2. The van der Waals surface area contributed by atoms with Crippen LogP contribution in [-0.2, 0) is 0 Å². The second-order valence-corrected chi connectivity index (χ2v) is 16.3. The number of rotatable bonds is 6. The van der Waals surface area contributed by atoms with Crippen molar-refractivity contribution in [1.82, 2.24) is 0 Å². The first-order valence-electron chi connectivity index (χ1n) is 21.5. The van der Waals surface area contributed by atoms with Gasteiger partial charge in [-0.1, -0.05) is 218 Å². The summed E-state index contributed by atoms with van der Waals surface area (Å²) in [7, 11) is 0. The van der Waals surface area contributed by atoms with Crippen LogP contribution in [0.5, 0.6) is 0 Å². The molecular formula is C62H40. The summed E-state index contributed by atoms with van der Waals surface area (Å²) < 4.78 is 0. The van der Waals surface area contributed by atoms with E-state index >= 15 is 0 Å². The van der Waals surface area contributed by atoms with E-state index in [1.165, 1.54) is 121 Å². The molecule has 0 heterocycles. The summed E-state index contributed by atoms with van der Waals surface area (Å²) in [6.45, 7) is 0. The lowest BCUT2D eigenvalue weighted by molar-refractivity contribution is 1.57. The molecule has 62 heavy (non-hydrogen) atoms. The second-order valence-electron chi connectivity index (χ2n) is 16.3. The molecule has 0 nitrogen and oxygen atoms in total. The van der Waals surface area contributed by atoms with Gasteiger partial charge in [-0.25, -0.2) is 0 Å². The Balaban J connectivity index is 1.18. The number of hydrogen-bond acceptors (Lipinski definition) is 0. The number of fused-ring (bicyclic) bond motifs is 11. The molecule has 0 aromatic heterocycles. The fourth-order valence-electron chi connectivity index (χ4n) is 9.93. The SMILES string of the molecule is c1ccc(-c2ccc(-c3ccccc3)c(-c3ccc4c5ccccc5c5c6cc(-c7cc(-c8ccccc8)ccc7-c7ccccc7)ccc6c6ccccc6c5c4c3)c2)cc1. The third-order valence-electron chi connectivity index (χ3n) is 12.8. The summed E-state index contributed by atoms with van der Waals surface area (Å²) in [5.41, 5.74) is 14.6. The van der Waals surface area contributed by atoms with Crippen molar-refractivity contribution >= 4 is 53.9 Å². The van der Waals surface area contributed by atoms with Crippen LogP contribution in [0, 0.1) is 0 Å². The van der Waals surface area contributed by atoms with Gasteiger partial charge in [0.25, 0.3) is 0 Å². The van der Waals surface area contributed by atoms with E-state index in [2.05, 4.69) is 243 Å². The first-order chi connectivity index (χ1) is 30.8. The molecule has 0 aliphatic rings. The van der Waals surface area contributed by atoms with Gasteiger partial charge in [0.15, 0.2) is 0 Å². The van der Waals surface area contributed by atoms with Crippen molar-refractivity contribution < 1.29 is 0 Å². The Morgan fingerprint density at radius 3 is 0.839 bits per heavy atom. The quantitative estimate of drug-likeness (QED) is 0.147. The van der Waals surface area contributed by atoms with E-state index in [1.807, 2.05) is 0 Å². The molecular weight excluding hydrogens is 745 g/mol. The van der Waals surface area contributed by atoms with Crippen molar-refractivity contribution in [3.05, 3.63) is 243 Å². The maximum Gasteiger partial charge on any atom is -0.00137 e. The van der Waals surface area contributed by atoms with Gasteiger partial charge in [-0.3, -0.25) is 0 Å². The molecule has 12 aromatic rings. The zero-order valence-corrected chi connectivity index (χ0v) is 34.1. The summed E-state index contributed by atoms with van der Waals surface area (Å²) >= 11 is 0. The topological polar surface area (TPSA) is 0 Å². The molecule has 0 saturated carbocycles. The molecule has 0 atom stereocenters. The maximum absolute atomic E-state index is 2.47. The van der Waals surface area contributed by atoms with Crippen LogP contribution in [0.1, 0.15) is 0 Å². The van der Waals surface area contributed by atoms with Gasteiger partial charge in [0.1, 0.15) is 0 Å². The predicted molar refractivity (Wildman–Crippen MR) is 267 cm³/mol. The van der Waals surface area contributed by atoms with E-state index in [4.69, 9.17) is 0 Å². The molecule has 0 radical (unpaired) electrons. The first kappa shape index (κ1) is 35.8. The van der Waals surface area contributed by atoms with Crippen LogP contribution >= 0.6 is 0 Å². The maximum atomic E-state index is 2.47. The highest BCUT2D eigenvalue weighted by Gasteiger charge is 2.19. The van der Waals surface area contributed by atoms with Gasteiger partial charge in [-0.2, -0.15) is 0 Å². The van der Waals surface area contributed by atoms with E-state index in [1.54, 1.807) is 0 Å². The van der Waals surface area contributed by atoms with E-state index in [9.17, 15) is 0 Å². The molecule has 0 saturated heterocycles. The van der Waals surface area contributed by atoms with Crippen LogP contribution in [0.4, 0.5) is 0 Å². The Morgan fingerprint density at radius 2 is 0.452 bits per heavy atom. The molecule has 0 aliphatic carbocycles. The van der Waals surface area contributed by atoms with Crippen LogP contribution in [0.15, 0.2) is 243 Å². The molecule has 0 fully saturated rings. The summed E-state index contributed by atoms with van der Waals surface area (Å²) in [5, 5.41) is 12.7. The molecule has 0 heteroatoms. The van der Waals surface area contributed by atoms with Crippen molar-refractivity contribution in [2.75, 3.05) is 0 Å². The lowest BCUT2D eigenvalue weighted by Gasteiger charge is -2.19. The van der Waals surface area contributed by atoms with Gasteiger partial charge in [0.2, 0.25) is 0 Å². The van der Waals surface area contributed by atoms with Gasteiger partial charge < -0.3 is 0 Å². The summed E-state index contributed by atoms with van der Waals surface area (Å²) in [5.74, 6) is 0. The van der Waals surface area contributed by atoms with Crippen molar-refractivity contribution in [1.29, 1.82) is 0 Å². The van der Waals surface area contributed by atoms with Crippen molar-refractivity contribution in [3.63, 3.8) is 0 Å². The average molecular weight is 785 g/mol. The Bertz CT molecular complexity index is 3400. The highest BCUT2D eigenvalue weighted by molar-refractivity contribution is 6.40. The lowest BCUT2D eigenvalue weighted by atomic mass is 9.84. The van der Waals surface area contributed by atoms with Crippen molar-refractivity contribution in [3.8, 4) is 66.8 Å². The van der Waals surface area contributed by atoms with Gasteiger partial charge in [0, 0.05) is 0 Å². The molecule has 0 unspecified atom stereocenters. The van der Waals surface area contributed by atoms with E-state index in [0.29, 0.717) is 0 Å². The third-order valence-corrected chi connectivity index (χ3v) is 12.8. The molecule has 0 bridgehead atoms. The van der Waals surface area contributed by atoms with E-state index in [-0.39, 0.29) is 0 Å². The zero-order valence-electron chi connectivity index (χ0n) is 34.1. The zero-order chi connectivity index (χ0) is 41.0. The molecule has 0 amide bonds. The van der Waals surface area contributed by atoms with Crippen LogP contribution in [-0.4, -0.2) is 0 Å². The molecule has 288 valence electrons. The molecule has 12 aromatic carbocycles. The number of hydrogen-bond donors (Lipinski definition) is 0. The number of benzene rings is 12. The fraction of sp³-hybridized carbons (Fsp3) is 0. The third kappa shape index (κ3) is 5.99. The summed E-state index contributed by atoms with van der Waals surface area (Å²) in [6.07, 6.45) is 0. The van der Waals surface area contributed by atoms with Gasteiger partial charge in [-0.05, 0) is 145 Å². The lowest BCUT2D eigenvalue weighted by Crippen LogP contribution is -1.92. The Hall–Kier alpha value is -8.06. The predicted octanol–water partition coefficient (Wildman–Crippen LogP) is 17.5. The van der Waals surface area contributed by atoms with Crippen molar-refractivity contribution in [2.45, 2.75) is 0 Å². The summed E-state index contributed by atoms with van der Waals surface area (Å²) in [6, 6.07) is 89.4. The monoisotopic (exact) mass is 784 g/mol. The molecule has 0 N–H and O–H groups in total. The van der Waals surface area contributed by atoms with Crippen LogP contribution < -0.4 is 0 Å². The van der Waals surface area contributed by atoms with Crippen molar-refractivity contribution in [2.24, 2.45) is 0 Å². The van der Waals surface area contributed by atoms with Gasteiger partial charge >= 0.3 is 0 Å². The van der Waals surface area contributed by atoms with Gasteiger partial charge in [-0.15, -0.1) is 0 Å². The largest absolute Gasteiger partial charge is 0.0622 e. The Labute approximate surface area is 361 Å². The fourth-order valence-corrected chi connectivity index (χ4v) is 9.93. The molecule has 12 rings (SSSR count). The highest BCUT2D eigenvalue weighted by Crippen LogP contribution is 2.47. The van der Waals surface area contributed by atoms with Crippen LogP contribution in [0.3, 0.4) is 0 Å². The van der Waals surface area contributed by atoms with E-state index < -0.39 is 0 Å². The molecule has 0 spiro atoms. The Kier molecular flexibility index (Phi) is 8.61. The minimum absolute atomic E-state index is 1.20.